The molecule has 0 N–H and O–H groups in total. The van der Waals surface area contributed by atoms with Gasteiger partial charge in [0.15, 0.2) is 0 Å². The quantitative estimate of drug-likeness (QED) is 0.458. The molecule has 0 saturated carbocycles. The Labute approximate surface area is 106 Å². The highest BCUT2D eigenvalue weighted by Crippen LogP contribution is 2.15. The molecule has 6 nitrogen and oxygen atoms in total. The number of rotatable bonds is 3. The van der Waals surface area contributed by atoms with Gasteiger partial charge in [-0.25, -0.2) is 0 Å². The normalized spacial score (nSPS) is 17.3. The Morgan fingerprint density at radius 3 is 2.61 bits per heavy atom. The minimum atomic E-state index is -0.384. The number of hydrogen-bond donors (Lipinski definition) is 0. The standard InChI is InChI=1S/C12H16N4O2/c1-14-6-8-15(9-7-14)13-10-11-4-2-3-5-12(11)16(17)18/h2-5,10H,6-9H2,1H3/b13-10+. The van der Waals surface area contributed by atoms with Crippen molar-refractivity contribution in [1.82, 2.24) is 9.91 Å². The van der Waals surface area contributed by atoms with Crippen molar-refractivity contribution >= 4 is 11.9 Å². The summed E-state index contributed by atoms with van der Waals surface area (Å²) in [6.07, 6.45) is 1.57. The predicted octanol–water partition coefficient (Wildman–Crippen LogP) is 1.18. The van der Waals surface area contributed by atoms with E-state index < -0.39 is 0 Å². The molecule has 18 heavy (non-hydrogen) atoms. The molecule has 0 atom stereocenters. The fraction of sp³-hybridized carbons (Fsp3) is 0.417. The van der Waals surface area contributed by atoms with E-state index in [2.05, 4.69) is 17.0 Å². The van der Waals surface area contributed by atoms with E-state index in [0.29, 0.717) is 5.56 Å². The molecular formula is C12H16N4O2. The first-order valence-electron chi connectivity index (χ1n) is 5.88. The number of likely N-dealkylation sites (N-methyl/N-ethyl adjacent to an activating group) is 1. The number of hydrogen-bond acceptors (Lipinski definition) is 5. The van der Waals surface area contributed by atoms with Gasteiger partial charge in [0.1, 0.15) is 0 Å². The molecule has 1 aliphatic rings. The second-order valence-electron chi connectivity index (χ2n) is 4.32. The molecule has 1 saturated heterocycles. The lowest BCUT2D eigenvalue weighted by Crippen LogP contribution is -2.41. The van der Waals surface area contributed by atoms with Crippen LogP contribution in [0.25, 0.3) is 0 Å². The summed E-state index contributed by atoms with van der Waals surface area (Å²) in [4.78, 5) is 12.7. The highest BCUT2D eigenvalue weighted by Gasteiger charge is 2.13. The van der Waals surface area contributed by atoms with E-state index in [0.717, 1.165) is 26.2 Å². The Balaban J connectivity index is 2.07. The highest BCUT2D eigenvalue weighted by atomic mass is 16.6. The van der Waals surface area contributed by atoms with E-state index in [1.54, 1.807) is 24.4 Å². The first-order chi connectivity index (χ1) is 8.66. The maximum atomic E-state index is 10.8. The molecular weight excluding hydrogens is 232 g/mol. The summed E-state index contributed by atoms with van der Waals surface area (Å²) in [7, 11) is 2.07. The largest absolute Gasteiger partial charge is 0.303 e. The molecule has 0 aliphatic carbocycles. The third-order valence-electron chi connectivity index (χ3n) is 2.97. The van der Waals surface area contributed by atoms with Gasteiger partial charge in [0.2, 0.25) is 0 Å². The van der Waals surface area contributed by atoms with Crippen molar-refractivity contribution in [2.75, 3.05) is 33.2 Å². The number of piperazine rings is 1. The van der Waals surface area contributed by atoms with E-state index in [1.807, 2.05) is 5.01 Å². The van der Waals surface area contributed by atoms with Crippen molar-refractivity contribution in [3.8, 4) is 0 Å². The van der Waals surface area contributed by atoms with E-state index in [-0.39, 0.29) is 10.6 Å². The Bertz CT molecular complexity index is 453. The number of para-hydroxylation sites is 1. The van der Waals surface area contributed by atoms with Crippen LogP contribution in [0.1, 0.15) is 5.56 Å². The summed E-state index contributed by atoms with van der Waals surface area (Å²) in [5.41, 5.74) is 0.636. The fourth-order valence-electron chi connectivity index (χ4n) is 1.82. The second kappa shape index (κ2) is 5.59. The van der Waals surface area contributed by atoms with E-state index in [1.165, 1.54) is 6.07 Å². The molecule has 0 bridgehead atoms. The molecule has 0 radical (unpaired) electrons. The Hall–Kier alpha value is -1.95. The van der Waals surface area contributed by atoms with Crippen LogP contribution in [0.15, 0.2) is 29.4 Å². The molecule has 2 rings (SSSR count). The molecule has 1 fully saturated rings. The maximum Gasteiger partial charge on any atom is 0.278 e. The molecule has 1 heterocycles. The third-order valence-corrected chi connectivity index (χ3v) is 2.97. The van der Waals surface area contributed by atoms with Crippen molar-refractivity contribution in [2.45, 2.75) is 0 Å². The predicted molar refractivity (Wildman–Crippen MR) is 69.8 cm³/mol. The van der Waals surface area contributed by atoms with Crippen LogP contribution in [0.4, 0.5) is 5.69 Å². The minimum absolute atomic E-state index is 0.0929. The molecule has 1 aromatic rings. The molecule has 0 amide bonds. The summed E-state index contributed by atoms with van der Waals surface area (Å²) in [6.45, 7) is 3.64. The molecule has 6 heteroatoms. The molecule has 96 valence electrons. The second-order valence-corrected chi connectivity index (χ2v) is 4.32. The molecule has 0 unspecified atom stereocenters. The molecule has 1 aromatic carbocycles. The van der Waals surface area contributed by atoms with Gasteiger partial charge < -0.3 is 4.90 Å². The van der Waals surface area contributed by atoms with Crippen molar-refractivity contribution < 1.29 is 4.92 Å². The average molecular weight is 248 g/mol. The van der Waals surface area contributed by atoms with Crippen LogP contribution in [-0.4, -0.2) is 54.3 Å². The fourth-order valence-corrected chi connectivity index (χ4v) is 1.82. The minimum Gasteiger partial charge on any atom is -0.303 e. The summed E-state index contributed by atoms with van der Waals surface area (Å²) in [5, 5.41) is 17.1. The van der Waals surface area contributed by atoms with Crippen molar-refractivity contribution in [3.63, 3.8) is 0 Å². The molecule has 0 aromatic heterocycles. The van der Waals surface area contributed by atoms with Crippen LogP contribution < -0.4 is 0 Å². The van der Waals surface area contributed by atoms with Gasteiger partial charge in [0.05, 0.1) is 16.7 Å². The van der Waals surface area contributed by atoms with Gasteiger partial charge in [-0.2, -0.15) is 5.10 Å². The Morgan fingerprint density at radius 2 is 1.94 bits per heavy atom. The van der Waals surface area contributed by atoms with Crippen molar-refractivity contribution in [2.24, 2.45) is 5.10 Å². The van der Waals surface area contributed by atoms with Gasteiger partial charge in [-0.1, -0.05) is 12.1 Å². The maximum absolute atomic E-state index is 10.8. The third kappa shape index (κ3) is 3.04. The zero-order chi connectivity index (χ0) is 13.0. The zero-order valence-electron chi connectivity index (χ0n) is 10.3. The summed E-state index contributed by atoms with van der Waals surface area (Å²) < 4.78 is 0. The Kier molecular flexibility index (Phi) is 3.88. The van der Waals surface area contributed by atoms with Crippen LogP contribution in [0.3, 0.4) is 0 Å². The Morgan fingerprint density at radius 1 is 1.28 bits per heavy atom. The van der Waals surface area contributed by atoms with Gasteiger partial charge >= 0.3 is 0 Å². The van der Waals surface area contributed by atoms with Crippen LogP contribution >= 0.6 is 0 Å². The van der Waals surface area contributed by atoms with E-state index in [4.69, 9.17) is 0 Å². The number of nitrogens with zero attached hydrogens (tertiary/aromatic N) is 4. The monoisotopic (exact) mass is 248 g/mol. The van der Waals surface area contributed by atoms with Gasteiger partial charge in [-0.15, -0.1) is 0 Å². The van der Waals surface area contributed by atoms with E-state index >= 15 is 0 Å². The lowest BCUT2D eigenvalue weighted by Gasteiger charge is -2.30. The van der Waals surface area contributed by atoms with Gasteiger partial charge in [-0.05, 0) is 13.1 Å². The first kappa shape index (κ1) is 12.5. The number of nitro groups is 1. The average Bonchev–Trinajstić information content (AvgIpc) is 2.38. The topological polar surface area (TPSA) is 62.0 Å². The smallest absolute Gasteiger partial charge is 0.278 e. The number of hydrazone groups is 1. The summed E-state index contributed by atoms with van der Waals surface area (Å²) in [5.74, 6) is 0. The van der Waals surface area contributed by atoms with Crippen molar-refractivity contribution in [1.29, 1.82) is 0 Å². The molecule has 0 spiro atoms. The molecule has 1 aliphatic heterocycles. The van der Waals surface area contributed by atoms with Gasteiger partial charge in [-0.3, -0.25) is 15.1 Å². The van der Waals surface area contributed by atoms with Crippen LogP contribution in [-0.2, 0) is 0 Å². The van der Waals surface area contributed by atoms with Crippen LogP contribution in [0, 0.1) is 10.1 Å². The number of nitro benzene ring substituents is 1. The van der Waals surface area contributed by atoms with Crippen molar-refractivity contribution in [3.05, 3.63) is 39.9 Å². The van der Waals surface area contributed by atoms with Gasteiger partial charge in [0.25, 0.3) is 5.69 Å². The van der Waals surface area contributed by atoms with E-state index in [9.17, 15) is 10.1 Å². The SMILES string of the molecule is CN1CCN(/N=C/c2ccccc2[N+](=O)[O-])CC1. The first-order valence-corrected chi connectivity index (χ1v) is 5.88. The lowest BCUT2D eigenvalue weighted by atomic mass is 10.2. The zero-order valence-corrected chi connectivity index (χ0v) is 10.3. The summed E-state index contributed by atoms with van der Waals surface area (Å²) >= 11 is 0. The van der Waals surface area contributed by atoms with Crippen LogP contribution in [0.2, 0.25) is 0 Å². The highest BCUT2D eigenvalue weighted by molar-refractivity contribution is 5.84. The van der Waals surface area contributed by atoms with Crippen LogP contribution in [0.5, 0.6) is 0 Å². The summed E-state index contributed by atoms with van der Waals surface area (Å²) in [6, 6.07) is 6.63. The van der Waals surface area contributed by atoms with Gasteiger partial charge in [0, 0.05) is 32.2 Å². The lowest BCUT2D eigenvalue weighted by molar-refractivity contribution is -0.385. The number of benzene rings is 1.